The Morgan fingerprint density at radius 1 is 1.21 bits per heavy atom. The summed E-state index contributed by atoms with van der Waals surface area (Å²) >= 11 is 0. The Labute approximate surface area is 113 Å². The highest BCUT2D eigenvalue weighted by Crippen LogP contribution is 2.22. The van der Waals surface area contributed by atoms with Crippen LogP contribution in [-0.4, -0.2) is 5.91 Å². The van der Waals surface area contributed by atoms with Gasteiger partial charge in [-0.1, -0.05) is 31.2 Å². The highest BCUT2D eigenvalue weighted by molar-refractivity contribution is 6.05. The molecule has 0 aromatic heterocycles. The number of nitrogens with one attached hydrogen (secondary N) is 1. The summed E-state index contributed by atoms with van der Waals surface area (Å²) in [5.74, 6) is -0.128. The molecular formula is C16H18N2O. The van der Waals surface area contributed by atoms with E-state index in [9.17, 15) is 4.79 Å². The molecule has 0 atom stereocenters. The van der Waals surface area contributed by atoms with E-state index < -0.39 is 0 Å². The lowest BCUT2D eigenvalue weighted by Gasteiger charge is -2.13. The van der Waals surface area contributed by atoms with Gasteiger partial charge in [-0.25, -0.2) is 0 Å². The van der Waals surface area contributed by atoms with Crippen LogP contribution in [0.3, 0.4) is 0 Å². The maximum atomic E-state index is 12.2. The van der Waals surface area contributed by atoms with Crippen LogP contribution in [0.15, 0.2) is 42.5 Å². The molecule has 0 spiro atoms. The van der Waals surface area contributed by atoms with E-state index in [2.05, 4.69) is 12.2 Å². The van der Waals surface area contributed by atoms with E-state index in [1.165, 1.54) is 0 Å². The zero-order valence-electron chi connectivity index (χ0n) is 11.2. The molecule has 3 N–H and O–H groups in total. The predicted molar refractivity (Wildman–Crippen MR) is 79.4 cm³/mol. The number of amides is 1. The molecule has 3 heteroatoms. The first kappa shape index (κ1) is 13.1. The molecule has 98 valence electrons. The Morgan fingerprint density at radius 3 is 2.63 bits per heavy atom. The maximum absolute atomic E-state index is 12.2. The monoisotopic (exact) mass is 254 g/mol. The fourth-order valence-electron chi connectivity index (χ4n) is 2.07. The molecule has 0 aliphatic carbocycles. The minimum Gasteiger partial charge on any atom is -0.399 e. The third kappa shape index (κ3) is 2.94. The fraction of sp³-hybridized carbons (Fsp3) is 0.188. The fourth-order valence-corrected chi connectivity index (χ4v) is 2.07. The van der Waals surface area contributed by atoms with E-state index in [0.717, 1.165) is 23.2 Å². The molecule has 0 aliphatic heterocycles. The summed E-state index contributed by atoms with van der Waals surface area (Å²) in [6, 6.07) is 13.0. The van der Waals surface area contributed by atoms with Crippen molar-refractivity contribution in [3.8, 4) is 0 Å². The van der Waals surface area contributed by atoms with Crippen molar-refractivity contribution in [3.05, 3.63) is 59.2 Å². The molecule has 3 nitrogen and oxygen atoms in total. The summed E-state index contributed by atoms with van der Waals surface area (Å²) in [7, 11) is 0. The number of carbonyl (C=O) groups is 1. The smallest absolute Gasteiger partial charge is 0.255 e. The summed E-state index contributed by atoms with van der Waals surface area (Å²) in [5.41, 5.74) is 9.96. The van der Waals surface area contributed by atoms with Crippen molar-refractivity contribution >= 4 is 17.3 Å². The molecule has 0 heterocycles. The minimum atomic E-state index is -0.128. The van der Waals surface area contributed by atoms with E-state index in [1.54, 1.807) is 24.3 Å². The van der Waals surface area contributed by atoms with Crippen LogP contribution in [-0.2, 0) is 6.42 Å². The van der Waals surface area contributed by atoms with Gasteiger partial charge in [-0.2, -0.15) is 0 Å². The lowest BCUT2D eigenvalue weighted by Crippen LogP contribution is -2.14. The first-order valence-corrected chi connectivity index (χ1v) is 6.37. The summed E-state index contributed by atoms with van der Waals surface area (Å²) < 4.78 is 0. The molecule has 1 amide bonds. The van der Waals surface area contributed by atoms with Gasteiger partial charge in [0.2, 0.25) is 0 Å². The SMILES string of the molecule is CCc1cccc(C)c1NC(=O)c1cccc(N)c1. The normalized spacial score (nSPS) is 10.2. The molecule has 0 saturated carbocycles. The van der Waals surface area contributed by atoms with E-state index in [1.807, 2.05) is 25.1 Å². The molecule has 0 aliphatic rings. The lowest BCUT2D eigenvalue weighted by atomic mass is 10.1. The zero-order valence-corrected chi connectivity index (χ0v) is 11.2. The van der Waals surface area contributed by atoms with Gasteiger partial charge < -0.3 is 11.1 Å². The van der Waals surface area contributed by atoms with E-state index in [4.69, 9.17) is 5.73 Å². The van der Waals surface area contributed by atoms with Crippen molar-refractivity contribution in [2.45, 2.75) is 20.3 Å². The summed E-state index contributed by atoms with van der Waals surface area (Å²) in [6.45, 7) is 4.07. The van der Waals surface area contributed by atoms with Gasteiger partial charge in [0, 0.05) is 16.9 Å². The third-order valence-electron chi connectivity index (χ3n) is 3.13. The molecule has 0 radical (unpaired) electrons. The first-order chi connectivity index (χ1) is 9.11. The van der Waals surface area contributed by atoms with Gasteiger partial charge in [0.25, 0.3) is 5.91 Å². The number of nitrogens with two attached hydrogens (primary N) is 1. The Kier molecular flexibility index (Phi) is 3.85. The van der Waals surface area contributed by atoms with Crippen LogP contribution in [0.1, 0.15) is 28.4 Å². The highest BCUT2D eigenvalue weighted by Gasteiger charge is 2.10. The van der Waals surface area contributed by atoms with Gasteiger partial charge >= 0.3 is 0 Å². The number of rotatable bonds is 3. The molecule has 0 saturated heterocycles. The second kappa shape index (κ2) is 5.57. The summed E-state index contributed by atoms with van der Waals surface area (Å²) in [6.07, 6.45) is 0.883. The number of hydrogen-bond acceptors (Lipinski definition) is 2. The Hall–Kier alpha value is -2.29. The number of anilines is 2. The van der Waals surface area contributed by atoms with Crippen LogP contribution in [0.5, 0.6) is 0 Å². The molecule has 0 unspecified atom stereocenters. The molecule has 2 aromatic carbocycles. The summed E-state index contributed by atoms with van der Waals surface area (Å²) in [4.78, 5) is 12.2. The number of carbonyl (C=O) groups excluding carboxylic acids is 1. The molecular weight excluding hydrogens is 236 g/mol. The molecule has 0 fully saturated rings. The van der Waals surface area contributed by atoms with Gasteiger partial charge in [0.1, 0.15) is 0 Å². The van der Waals surface area contributed by atoms with Crippen molar-refractivity contribution < 1.29 is 4.79 Å². The topological polar surface area (TPSA) is 55.1 Å². The van der Waals surface area contributed by atoms with Crippen molar-refractivity contribution in [1.29, 1.82) is 0 Å². The van der Waals surface area contributed by atoms with Gasteiger partial charge in [0.05, 0.1) is 0 Å². The van der Waals surface area contributed by atoms with Crippen molar-refractivity contribution in [2.24, 2.45) is 0 Å². The average Bonchev–Trinajstić information content (AvgIpc) is 2.41. The van der Waals surface area contributed by atoms with Crippen LogP contribution in [0.25, 0.3) is 0 Å². The van der Waals surface area contributed by atoms with Crippen LogP contribution in [0.4, 0.5) is 11.4 Å². The number of para-hydroxylation sites is 1. The number of benzene rings is 2. The number of hydrogen-bond donors (Lipinski definition) is 2. The molecule has 19 heavy (non-hydrogen) atoms. The maximum Gasteiger partial charge on any atom is 0.255 e. The van der Waals surface area contributed by atoms with E-state index in [-0.39, 0.29) is 5.91 Å². The van der Waals surface area contributed by atoms with Gasteiger partial charge in [-0.05, 0) is 42.7 Å². The second-order valence-corrected chi connectivity index (χ2v) is 4.54. The quantitative estimate of drug-likeness (QED) is 0.825. The van der Waals surface area contributed by atoms with Gasteiger partial charge in [-0.15, -0.1) is 0 Å². The van der Waals surface area contributed by atoms with E-state index in [0.29, 0.717) is 11.3 Å². The Balaban J connectivity index is 2.29. The van der Waals surface area contributed by atoms with Crippen LogP contribution < -0.4 is 11.1 Å². The first-order valence-electron chi connectivity index (χ1n) is 6.37. The zero-order chi connectivity index (χ0) is 13.8. The molecule has 0 bridgehead atoms. The van der Waals surface area contributed by atoms with Gasteiger partial charge in [0.15, 0.2) is 0 Å². The standard InChI is InChI=1S/C16H18N2O/c1-3-12-7-4-6-11(2)15(12)18-16(19)13-8-5-9-14(17)10-13/h4-10H,3,17H2,1-2H3,(H,18,19). The van der Waals surface area contributed by atoms with Crippen molar-refractivity contribution in [3.63, 3.8) is 0 Å². The minimum absolute atomic E-state index is 0.128. The van der Waals surface area contributed by atoms with Gasteiger partial charge in [-0.3, -0.25) is 4.79 Å². The number of aryl methyl sites for hydroxylation is 2. The molecule has 2 aromatic rings. The van der Waals surface area contributed by atoms with Crippen LogP contribution in [0, 0.1) is 6.92 Å². The Morgan fingerprint density at radius 2 is 1.95 bits per heavy atom. The number of nitrogen functional groups attached to an aromatic ring is 1. The summed E-state index contributed by atoms with van der Waals surface area (Å²) in [5, 5.41) is 2.98. The average molecular weight is 254 g/mol. The lowest BCUT2D eigenvalue weighted by molar-refractivity contribution is 0.102. The largest absolute Gasteiger partial charge is 0.399 e. The third-order valence-corrected chi connectivity index (χ3v) is 3.13. The molecule has 2 rings (SSSR count). The van der Waals surface area contributed by atoms with Crippen molar-refractivity contribution in [2.75, 3.05) is 11.1 Å². The van der Waals surface area contributed by atoms with Crippen LogP contribution in [0.2, 0.25) is 0 Å². The Bertz CT molecular complexity index is 605. The van der Waals surface area contributed by atoms with Crippen LogP contribution >= 0.6 is 0 Å². The van der Waals surface area contributed by atoms with Crippen molar-refractivity contribution in [1.82, 2.24) is 0 Å². The van der Waals surface area contributed by atoms with E-state index >= 15 is 0 Å². The second-order valence-electron chi connectivity index (χ2n) is 4.54. The predicted octanol–water partition coefficient (Wildman–Crippen LogP) is 3.39. The highest BCUT2D eigenvalue weighted by atomic mass is 16.1.